The highest BCUT2D eigenvalue weighted by Gasteiger charge is 2.06. The van der Waals surface area contributed by atoms with Crippen LogP contribution in [0.15, 0.2) is 42.6 Å². The van der Waals surface area contributed by atoms with E-state index in [4.69, 9.17) is 0 Å². The number of benzene rings is 1. The lowest BCUT2D eigenvalue weighted by atomic mass is 10.2. The van der Waals surface area contributed by atoms with Crippen molar-refractivity contribution < 1.29 is 4.39 Å². The van der Waals surface area contributed by atoms with Gasteiger partial charge >= 0.3 is 0 Å². The van der Waals surface area contributed by atoms with Crippen molar-refractivity contribution in [2.45, 2.75) is 19.9 Å². The number of hydrogen-bond donors (Lipinski definition) is 1. The summed E-state index contributed by atoms with van der Waals surface area (Å²) in [5, 5.41) is 13.2. The fraction of sp³-hybridized carbons (Fsp3) is 0.188. The molecule has 3 rings (SSSR count). The van der Waals surface area contributed by atoms with Gasteiger partial charge in [0.2, 0.25) is 5.13 Å². The predicted octanol–water partition coefficient (Wildman–Crippen LogP) is 3.58. The SMILES string of the molecule is Cc1cccnc1CNc1nnc(Cc2ccc(F)cc2)s1. The van der Waals surface area contributed by atoms with Crippen LogP contribution < -0.4 is 5.32 Å². The molecular weight excluding hydrogens is 299 g/mol. The Bertz CT molecular complexity index is 755. The van der Waals surface area contributed by atoms with Crippen LogP contribution in [0.25, 0.3) is 0 Å². The topological polar surface area (TPSA) is 50.7 Å². The van der Waals surface area contributed by atoms with Crippen molar-refractivity contribution in [2.75, 3.05) is 5.32 Å². The molecule has 2 aromatic heterocycles. The Morgan fingerprint density at radius 3 is 2.73 bits per heavy atom. The van der Waals surface area contributed by atoms with Crippen LogP contribution in [0.2, 0.25) is 0 Å². The molecule has 6 heteroatoms. The van der Waals surface area contributed by atoms with Crippen LogP contribution in [0.3, 0.4) is 0 Å². The minimum absolute atomic E-state index is 0.228. The first kappa shape index (κ1) is 14.6. The van der Waals surface area contributed by atoms with Gasteiger partial charge in [-0.05, 0) is 36.2 Å². The van der Waals surface area contributed by atoms with Gasteiger partial charge in [0.1, 0.15) is 10.8 Å². The Hall–Kier alpha value is -2.34. The molecule has 1 aromatic carbocycles. The first-order valence-corrected chi connectivity index (χ1v) is 7.73. The van der Waals surface area contributed by atoms with Gasteiger partial charge in [-0.3, -0.25) is 4.98 Å². The van der Waals surface area contributed by atoms with Crippen molar-refractivity contribution in [3.8, 4) is 0 Å². The van der Waals surface area contributed by atoms with Gasteiger partial charge in [0.15, 0.2) is 0 Å². The Morgan fingerprint density at radius 1 is 1.14 bits per heavy atom. The summed E-state index contributed by atoms with van der Waals surface area (Å²) < 4.78 is 12.9. The van der Waals surface area contributed by atoms with Gasteiger partial charge in [0.05, 0.1) is 12.2 Å². The molecule has 0 radical (unpaired) electrons. The van der Waals surface area contributed by atoms with Gasteiger partial charge in [-0.25, -0.2) is 4.39 Å². The summed E-state index contributed by atoms with van der Waals surface area (Å²) in [4.78, 5) is 4.33. The molecule has 4 nitrogen and oxygen atoms in total. The monoisotopic (exact) mass is 314 g/mol. The molecule has 0 aliphatic rings. The van der Waals surface area contributed by atoms with E-state index in [0.717, 1.165) is 27.0 Å². The highest BCUT2D eigenvalue weighted by molar-refractivity contribution is 7.15. The molecule has 2 heterocycles. The van der Waals surface area contributed by atoms with Gasteiger partial charge in [-0.2, -0.15) is 0 Å². The van der Waals surface area contributed by atoms with Gasteiger partial charge in [-0.15, -0.1) is 10.2 Å². The Kier molecular flexibility index (Phi) is 4.39. The zero-order chi connectivity index (χ0) is 15.4. The van der Waals surface area contributed by atoms with Crippen molar-refractivity contribution >= 4 is 16.5 Å². The number of aromatic nitrogens is 3. The normalized spacial score (nSPS) is 10.6. The van der Waals surface area contributed by atoms with E-state index >= 15 is 0 Å². The smallest absolute Gasteiger partial charge is 0.206 e. The fourth-order valence-corrected chi connectivity index (χ4v) is 2.81. The molecular formula is C16H15FN4S. The Morgan fingerprint density at radius 2 is 1.95 bits per heavy atom. The first-order valence-electron chi connectivity index (χ1n) is 6.92. The van der Waals surface area contributed by atoms with E-state index in [1.165, 1.54) is 23.5 Å². The number of rotatable bonds is 5. The average molecular weight is 314 g/mol. The quantitative estimate of drug-likeness (QED) is 0.782. The van der Waals surface area contributed by atoms with Crippen LogP contribution in [0.5, 0.6) is 0 Å². The highest BCUT2D eigenvalue weighted by atomic mass is 32.1. The third-order valence-electron chi connectivity index (χ3n) is 3.26. The number of halogens is 1. The number of nitrogens with one attached hydrogen (secondary N) is 1. The lowest BCUT2D eigenvalue weighted by molar-refractivity contribution is 0.627. The molecule has 0 amide bonds. The minimum atomic E-state index is -0.228. The number of nitrogens with zero attached hydrogens (tertiary/aromatic N) is 3. The van der Waals surface area contributed by atoms with E-state index in [2.05, 4.69) is 20.5 Å². The maximum absolute atomic E-state index is 12.9. The molecule has 0 spiro atoms. The summed E-state index contributed by atoms with van der Waals surface area (Å²) in [7, 11) is 0. The van der Waals surface area contributed by atoms with Gasteiger partial charge in [0, 0.05) is 12.6 Å². The van der Waals surface area contributed by atoms with Crippen molar-refractivity contribution in [2.24, 2.45) is 0 Å². The van der Waals surface area contributed by atoms with E-state index < -0.39 is 0 Å². The highest BCUT2D eigenvalue weighted by Crippen LogP contribution is 2.19. The lowest BCUT2D eigenvalue weighted by Crippen LogP contribution is -2.03. The second-order valence-corrected chi connectivity index (χ2v) is 5.99. The van der Waals surface area contributed by atoms with Crippen LogP contribution >= 0.6 is 11.3 Å². The summed E-state index contributed by atoms with van der Waals surface area (Å²) in [5.41, 5.74) is 3.16. The van der Waals surface area contributed by atoms with Gasteiger partial charge in [0.25, 0.3) is 0 Å². The molecule has 0 saturated carbocycles. The average Bonchev–Trinajstić information content (AvgIpc) is 2.96. The van der Waals surface area contributed by atoms with Crippen LogP contribution in [-0.4, -0.2) is 15.2 Å². The first-order chi connectivity index (χ1) is 10.7. The number of hydrogen-bond acceptors (Lipinski definition) is 5. The van der Waals surface area contributed by atoms with E-state index in [1.807, 2.05) is 19.1 Å². The van der Waals surface area contributed by atoms with Crippen LogP contribution in [-0.2, 0) is 13.0 Å². The van der Waals surface area contributed by atoms with Crippen LogP contribution in [0.1, 0.15) is 21.8 Å². The second-order valence-electron chi connectivity index (χ2n) is 4.92. The number of aryl methyl sites for hydroxylation is 1. The summed E-state index contributed by atoms with van der Waals surface area (Å²) in [6.45, 7) is 2.65. The molecule has 0 aliphatic heterocycles. The number of anilines is 1. The summed E-state index contributed by atoms with van der Waals surface area (Å²) in [6.07, 6.45) is 2.44. The van der Waals surface area contributed by atoms with Crippen LogP contribution in [0.4, 0.5) is 9.52 Å². The van der Waals surface area contributed by atoms with Crippen LogP contribution in [0, 0.1) is 12.7 Å². The van der Waals surface area contributed by atoms with Gasteiger partial charge in [-0.1, -0.05) is 29.5 Å². The Labute approximate surface area is 132 Å². The molecule has 22 heavy (non-hydrogen) atoms. The minimum Gasteiger partial charge on any atom is -0.354 e. The maximum Gasteiger partial charge on any atom is 0.206 e. The van der Waals surface area contributed by atoms with Crippen molar-refractivity contribution in [3.05, 3.63) is 70.2 Å². The fourth-order valence-electron chi connectivity index (χ4n) is 2.04. The maximum atomic E-state index is 12.9. The summed E-state index contributed by atoms with van der Waals surface area (Å²) in [5.74, 6) is -0.228. The zero-order valence-electron chi connectivity index (χ0n) is 12.1. The Balaban J connectivity index is 1.61. The third-order valence-corrected chi connectivity index (χ3v) is 4.14. The molecule has 0 atom stereocenters. The summed E-state index contributed by atoms with van der Waals surface area (Å²) in [6, 6.07) is 10.4. The van der Waals surface area contributed by atoms with Crippen molar-refractivity contribution in [3.63, 3.8) is 0 Å². The number of pyridine rings is 1. The van der Waals surface area contributed by atoms with E-state index in [0.29, 0.717) is 13.0 Å². The molecule has 3 aromatic rings. The molecule has 1 N–H and O–H groups in total. The van der Waals surface area contributed by atoms with Gasteiger partial charge < -0.3 is 5.32 Å². The standard InChI is InChI=1S/C16H15FN4S/c1-11-3-2-8-18-14(11)10-19-16-21-20-15(22-16)9-12-4-6-13(17)7-5-12/h2-8H,9-10H2,1H3,(H,19,21). The third kappa shape index (κ3) is 3.65. The van der Waals surface area contributed by atoms with E-state index in [-0.39, 0.29) is 5.82 Å². The molecule has 0 unspecified atom stereocenters. The second kappa shape index (κ2) is 6.62. The molecule has 0 fully saturated rings. The van der Waals surface area contributed by atoms with Crippen molar-refractivity contribution in [1.29, 1.82) is 0 Å². The molecule has 0 aliphatic carbocycles. The molecule has 0 bridgehead atoms. The zero-order valence-corrected chi connectivity index (χ0v) is 12.9. The largest absolute Gasteiger partial charge is 0.354 e. The van der Waals surface area contributed by atoms with E-state index in [1.54, 1.807) is 18.3 Å². The molecule has 112 valence electrons. The lowest BCUT2D eigenvalue weighted by Gasteiger charge is -2.04. The van der Waals surface area contributed by atoms with E-state index in [9.17, 15) is 4.39 Å². The summed E-state index contributed by atoms with van der Waals surface area (Å²) >= 11 is 1.50. The predicted molar refractivity (Wildman–Crippen MR) is 85.4 cm³/mol. The van der Waals surface area contributed by atoms with Crippen molar-refractivity contribution in [1.82, 2.24) is 15.2 Å². The molecule has 0 saturated heterocycles.